The average molecular weight is 517 g/mol. The normalized spacial score (nSPS) is 17.1. The Morgan fingerprint density at radius 1 is 0.971 bits per heavy atom. The van der Waals surface area contributed by atoms with Gasteiger partial charge in [-0.15, -0.1) is 0 Å². The molecule has 4 rings (SSSR count). The first-order chi connectivity index (χ1) is 17.1. The first-order valence-corrected chi connectivity index (χ1v) is 13.3. The minimum atomic E-state index is 0.540. The van der Waals surface area contributed by atoms with Gasteiger partial charge in [-0.05, 0) is 61.2 Å². The van der Waals surface area contributed by atoms with E-state index in [-0.39, 0.29) is 0 Å². The van der Waals surface area contributed by atoms with E-state index in [2.05, 4.69) is 26.6 Å². The van der Waals surface area contributed by atoms with Crippen LogP contribution < -0.4 is 15.5 Å². The lowest BCUT2D eigenvalue weighted by molar-refractivity contribution is -0.107. The Kier molecular flexibility index (Phi) is 9.57. The minimum absolute atomic E-state index is 0.540. The van der Waals surface area contributed by atoms with Gasteiger partial charge in [-0.3, -0.25) is 4.79 Å². The third-order valence-corrected chi connectivity index (χ3v) is 7.23. The van der Waals surface area contributed by atoms with Crippen molar-refractivity contribution in [1.82, 2.24) is 15.1 Å². The number of hydrogen-bond donors (Lipinski definition) is 2. The van der Waals surface area contributed by atoms with Gasteiger partial charge in [0, 0.05) is 73.4 Å². The monoisotopic (exact) mass is 515 g/mol. The van der Waals surface area contributed by atoms with Crippen molar-refractivity contribution in [3.8, 4) is 0 Å². The van der Waals surface area contributed by atoms with Crippen LogP contribution in [0.15, 0.2) is 54.5 Å². The third-order valence-electron chi connectivity index (χ3n) is 6.64. The summed E-state index contributed by atoms with van der Waals surface area (Å²) >= 11 is 12.3. The number of hydrogen-bond acceptors (Lipinski definition) is 5. The standard InChI is InChI=1S/C27H35Cl2N5O/c28-23-6-5-22(26(29)19-23)11-16-34(21-35)25-9-7-24(8-10-25)31-27(33-17-12-30-13-18-33)20-32-14-3-1-2-4-15-32/h5-10,19-21,30-31H,1-4,11-18H2/b27-20-. The van der Waals surface area contributed by atoms with Gasteiger partial charge in [-0.2, -0.15) is 0 Å². The Hall–Kier alpha value is -2.41. The Morgan fingerprint density at radius 3 is 2.34 bits per heavy atom. The minimum Gasteiger partial charge on any atom is -0.374 e. The van der Waals surface area contributed by atoms with Gasteiger partial charge < -0.3 is 25.3 Å². The number of nitrogens with one attached hydrogen (secondary N) is 2. The molecule has 6 nitrogen and oxygen atoms in total. The summed E-state index contributed by atoms with van der Waals surface area (Å²) in [5, 5.41) is 8.33. The molecule has 1 amide bonds. The average Bonchev–Trinajstić information content (AvgIpc) is 3.15. The Bertz CT molecular complexity index is 984. The summed E-state index contributed by atoms with van der Waals surface area (Å²) in [5.74, 6) is 1.14. The molecule has 2 heterocycles. The summed E-state index contributed by atoms with van der Waals surface area (Å²) in [7, 11) is 0. The van der Waals surface area contributed by atoms with E-state index >= 15 is 0 Å². The lowest BCUT2D eigenvalue weighted by Crippen LogP contribution is -2.44. The fourth-order valence-electron chi connectivity index (χ4n) is 4.59. The molecule has 0 radical (unpaired) electrons. The van der Waals surface area contributed by atoms with Crippen molar-refractivity contribution in [2.24, 2.45) is 0 Å². The van der Waals surface area contributed by atoms with Gasteiger partial charge in [0.05, 0.1) is 0 Å². The number of rotatable bonds is 9. The van der Waals surface area contributed by atoms with Gasteiger partial charge in [-0.25, -0.2) is 0 Å². The van der Waals surface area contributed by atoms with Gasteiger partial charge >= 0.3 is 0 Å². The van der Waals surface area contributed by atoms with Crippen LogP contribution in [0.2, 0.25) is 10.0 Å². The smallest absolute Gasteiger partial charge is 0.214 e. The van der Waals surface area contributed by atoms with Crippen molar-refractivity contribution >= 4 is 41.0 Å². The van der Waals surface area contributed by atoms with Crippen LogP contribution >= 0.6 is 23.2 Å². The summed E-state index contributed by atoms with van der Waals surface area (Å²) in [6, 6.07) is 13.5. The summed E-state index contributed by atoms with van der Waals surface area (Å²) in [5.41, 5.74) is 2.84. The molecular weight excluding hydrogens is 481 g/mol. The SMILES string of the molecule is O=CN(CCc1ccc(Cl)cc1Cl)c1ccc(N/C(=C/N2CCCCCC2)N2CCNCC2)cc1. The van der Waals surface area contributed by atoms with Crippen LogP contribution in [0.1, 0.15) is 31.2 Å². The second-order valence-corrected chi connectivity index (χ2v) is 10.0. The van der Waals surface area contributed by atoms with Crippen LogP contribution in [0.25, 0.3) is 0 Å². The number of carbonyl (C=O) groups excluding carboxylic acids is 1. The number of halogens is 2. The number of carbonyl (C=O) groups is 1. The topological polar surface area (TPSA) is 50.9 Å². The molecule has 0 saturated carbocycles. The molecule has 2 aliphatic rings. The van der Waals surface area contributed by atoms with E-state index in [0.717, 1.165) is 68.4 Å². The number of amides is 1. The zero-order chi connectivity index (χ0) is 24.5. The highest BCUT2D eigenvalue weighted by Crippen LogP contribution is 2.24. The summed E-state index contributed by atoms with van der Waals surface area (Å²) in [6.07, 6.45) is 8.97. The molecule has 0 spiro atoms. The molecule has 2 aromatic rings. The number of likely N-dealkylation sites (tertiary alicyclic amines) is 1. The van der Waals surface area contributed by atoms with E-state index in [1.165, 1.54) is 25.7 Å². The highest BCUT2D eigenvalue weighted by atomic mass is 35.5. The maximum absolute atomic E-state index is 11.8. The molecule has 0 unspecified atom stereocenters. The molecule has 2 N–H and O–H groups in total. The molecule has 188 valence electrons. The van der Waals surface area contributed by atoms with Gasteiger partial charge in [0.1, 0.15) is 5.82 Å². The maximum atomic E-state index is 11.8. The van der Waals surface area contributed by atoms with Crippen LogP contribution in [0.3, 0.4) is 0 Å². The molecule has 2 saturated heterocycles. The first kappa shape index (κ1) is 25.7. The van der Waals surface area contributed by atoms with Crippen LogP contribution in [0.5, 0.6) is 0 Å². The number of piperazine rings is 1. The second-order valence-electron chi connectivity index (χ2n) is 9.16. The van der Waals surface area contributed by atoms with E-state index in [1.807, 2.05) is 36.4 Å². The van der Waals surface area contributed by atoms with Gasteiger partial charge in [0.15, 0.2) is 0 Å². The zero-order valence-corrected chi connectivity index (χ0v) is 21.7. The summed E-state index contributed by atoms with van der Waals surface area (Å²) in [4.78, 5) is 18.4. The number of nitrogens with zero attached hydrogens (tertiary/aromatic N) is 3. The van der Waals surface area contributed by atoms with E-state index in [4.69, 9.17) is 23.2 Å². The molecule has 0 bridgehead atoms. The summed E-state index contributed by atoms with van der Waals surface area (Å²) < 4.78 is 0. The third kappa shape index (κ3) is 7.53. The van der Waals surface area contributed by atoms with Crippen LogP contribution in [0, 0.1) is 0 Å². The molecule has 35 heavy (non-hydrogen) atoms. The molecule has 2 aliphatic heterocycles. The van der Waals surface area contributed by atoms with E-state index in [1.54, 1.807) is 11.0 Å². The van der Waals surface area contributed by atoms with Gasteiger partial charge in [0.2, 0.25) is 6.41 Å². The predicted molar refractivity (Wildman–Crippen MR) is 146 cm³/mol. The molecule has 8 heteroatoms. The highest BCUT2D eigenvalue weighted by molar-refractivity contribution is 6.35. The number of benzene rings is 2. The van der Waals surface area contributed by atoms with Crippen molar-refractivity contribution < 1.29 is 4.79 Å². The van der Waals surface area contributed by atoms with E-state index in [9.17, 15) is 4.79 Å². The van der Waals surface area contributed by atoms with Crippen molar-refractivity contribution in [2.75, 3.05) is 56.0 Å². The molecule has 0 aliphatic carbocycles. The predicted octanol–water partition coefficient (Wildman–Crippen LogP) is 5.19. The van der Waals surface area contributed by atoms with Crippen molar-refractivity contribution in [1.29, 1.82) is 0 Å². The molecule has 2 aromatic carbocycles. The first-order valence-electron chi connectivity index (χ1n) is 12.6. The van der Waals surface area contributed by atoms with Gasteiger partial charge in [-0.1, -0.05) is 42.1 Å². The van der Waals surface area contributed by atoms with Crippen LogP contribution in [-0.2, 0) is 11.2 Å². The Balaban J connectivity index is 1.43. The highest BCUT2D eigenvalue weighted by Gasteiger charge is 2.16. The van der Waals surface area contributed by atoms with Crippen molar-refractivity contribution in [2.45, 2.75) is 32.1 Å². The molecule has 0 aromatic heterocycles. The largest absolute Gasteiger partial charge is 0.374 e. The maximum Gasteiger partial charge on any atom is 0.214 e. The molecule has 2 fully saturated rings. The second kappa shape index (κ2) is 13.1. The lowest BCUT2D eigenvalue weighted by atomic mass is 10.1. The molecule has 0 atom stereocenters. The fourth-order valence-corrected chi connectivity index (χ4v) is 5.09. The quantitative estimate of drug-likeness (QED) is 0.450. The fraction of sp³-hybridized carbons (Fsp3) is 0.444. The Morgan fingerprint density at radius 2 is 1.69 bits per heavy atom. The number of anilines is 2. The summed E-state index contributed by atoms with van der Waals surface area (Å²) in [6.45, 7) is 6.71. The van der Waals surface area contributed by atoms with Crippen LogP contribution in [-0.4, -0.2) is 62.0 Å². The van der Waals surface area contributed by atoms with Crippen molar-refractivity contribution in [3.05, 3.63) is 70.1 Å². The van der Waals surface area contributed by atoms with Gasteiger partial charge in [0.25, 0.3) is 0 Å². The van der Waals surface area contributed by atoms with Crippen molar-refractivity contribution in [3.63, 3.8) is 0 Å². The zero-order valence-electron chi connectivity index (χ0n) is 20.2. The Labute approximate surface area is 218 Å². The van der Waals surface area contributed by atoms with Crippen LogP contribution in [0.4, 0.5) is 11.4 Å². The molecular formula is C27H35Cl2N5O. The van der Waals surface area contributed by atoms with E-state index < -0.39 is 0 Å². The lowest BCUT2D eigenvalue weighted by Gasteiger charge is -2.33. The van der Waals surface area contributed by atoms with E-state index in [0.29, 0.717) is 23.0 Å².